The summed E-state index contributed by atoms with van der Waals surface area (Å²) in [5.74, 6) is -12.0. The van der Waals surface area contributed by atoms with Crippen molar-refractivity contribution in [2.75, 3.05) is 0 Å². The summed E-state index contributed by atoms with van der Waals surface area (Å²) in [7, 11) is -5.89. The maximum absolute atomic E-state index is 13.6. The maximum Gasteiger partial charge on any atom is 0.459 e. The first-order valence-electron chi connectivity index (χ1n) is 6.59. The Kier molecular flexibility index (Phi) is 7.13. The highest BCUT2D eigenvalue weighted by molar-refractivity contribution is 7.43. The summed E-state index contributed by atoms with van der Waals surface area (Å²) in [4.78, 5) is 21.4. The molecular weight excluding hydrogens is 360 g/mol. The van der Waals surface area contributed by atoms with Crippen LogP contribution in [0.2, 0.25) is 0 Å². The third kappa shape index (κ3) is 5.88. The molecule has 0 heterocycles. The van der Waals surface area contributed by atoms with Crippen molar-refractivity contribution in [1.29, 1.82) is 0 Å². The zero-order valence-electron chi connectivity index (χ0n) is 12.3. The SMILES string of the molecule is CCCC(CCC)(CC(F)(F)C(F)(F)C(F)(F)F)OP(=O)([O-])[O-]. The fourth-order valence-electron chi connectivity index (χ4n) is 2.30. The van der Waals surface area contributed by atoms with Crippen molar-refractivity contribution in [3.8, 4) is 0 Å². The second-order valence-corrected chi connectivity index (χ2v) is 6.25. The first kappa shape index (κ1) is 22.6. The Bertz CT molecular complexity index is 427. The molecule has 23 heavy (non-hydrogen) atoms. The van der Waals surface area contributed by atoms with Gasteiger partial charge in [-0.25, -0.2) is 0 Å². The molecule has 140 valence electrons. The molecular formula is C11H16F7O4P-2. The molecule has 12 heteroatoms. The van der Waals surface area contributed by atoms with Gasteiger partial charge in [0.15, 0.2) is 0 Å². The molecule has 0 aliphatic rings. The van der Waals surface area contributed by atoms with Gasteiger partial charge in [-0.05, 0) is 12.8 Å². The van der Waals surface area contributed by atoms with E-state index in [9.17, 15) is 45.1 Å². The quantitative estimate of drug-likeness (QED) is 0.457. The predicted octanol–water partition coefficient (Wildman–Crippen LogP) is 3.39. The summed E-state index contributed by atoms with van der Waals surface area (Å²) in [6, 6.07) is 0. The van der Waals surface area contributed by atoms with Gasteiger partial charge in [0.2, 0.25) is 0 Å². The van der Waals surface area contributed by atoms with Crippen molar-refractivity contribution >= 4 is 7.82 Å². The Morgan fingerprint density at radius 3 is 1.57 bits per heavy atom. The van der Waals surface area contributed by atoms with E-state index in [1.807, 2.05) is 0 Å². The summed E-state index contributed by atoms with van der Waals surface area (Å²) in [6.07, 6.45) is -10.1. The largest absolute Gasteiger partial charge is 0.790 e. The molecule has 0 unspecified atom stereocenters. The minimum absolute atomic E-state index is 0.0757. The molecule has 0 aliphatic heterocycles. The lowest BCUT2D eigenvalue weighted by molar-refractivity contribution is -0.370. The number of alkyl halides is 7. The van der Waals surface area contributed by atoms with Crippen molar-refractivity contribution in [3.63, 3.8) is 0 Å². The molecule has 0 amide bonds. The summed E-state index contributed by atoms with van der Waals surface area (Å²) in [5, 5.41) is 0. The van der Waals surface area contributed by atoms with Crippen LogP contribution in [0, 0.1) is 0 Å². The van der Waals surface area contributed by atoms with E-state index in [4.69, 9.17) is 0 Å². The zero-order chi connectivity index (χ0) is 18.7. The lowest BCUT2D eigenvalue weighted by Crippen LogP contribution is -2.55. The van der Waals surface area contributed by atoms with E-state index >= 15 is 0 Å². The van der Waals surface area contributed by atoms with Crippen molar-refractivity contribution in [3.05, 3.63) is 0 Å². The molecule has 0 atom stereocenters. The van der Waals surface area contributed by atoms with Crippen LogP contribution in [-0.4, -0.2) is 23.6 Å². The van der Waals surface area contributed by atoms with Gasteiger partial charge in [0.1, 0.15) is 0 Å². The topological polar surface area (TPSA) is 72.4 Å². The number of rotatable bonds is 9. The number of phosphoric acid groups is 1. The molecule has 0 aromatic heterocycles. The van der Waals surface area contributed by atoms with Gasteiger partial charge in [-0.15, -0.1) is 0 Å². The van der Waals surface area contributed by atoms with Gasteiger partial charge in [-0.1, -0.05) is 26.7 Å². The van der Waals surface area contributed by atoms with Gasteiger partial charge in [-0.2, -0.15) is 30.7 Å². The van der Waals surface area contributed by atoms with E-state index in [1.54, 1.807) is 0 Å². The molecule has 0 saturated heterocycles. The van der Waals surface area contributed by atoms with Gasteiger partial charge in [0.05, 0.1) is 13.4 Å². The number of phosphoric ester groups is 1. The Hall–Kier alpha value is -0.380. The predicted molar refractivity (Wildman–Crippen MR) is 61.8 cm³/mol. The van der Waals surface area contributed by atoms with Crippen molar-refractivity contribution < 1.29 is 49.6 Å². The smallest absolute Gasteiger partial charge is 0.459 e. The number of halogens is 7. The number of hydrogen-bond donors (Lipinski definition) is 0. The van der Waals surface area contributed by atoms with Gasteiger partial charge >= 0.3 is 18.0 Å². The minimum atomic E-state index is -6.54. The Morgan fingerprint density at radius 2 is 1.30 bits per heavy atom. The Balaban J connectivity index is 5.80. The van der Waals surface area contributed by atoms with Crippen molar-refractivity contribution in [1.82, 2.24) is 0 Å². The molecule has 4 nitrogen and oxygen atoms in total. The van der Waals surface area contributed by atoms with Crippen molar-refractivity contribution in [2.24, 2.45) is 0 Å². The fraction of sp³-hybridized carbons (Fsp3) is 1.00. The molecule has 0 spiro atoms. The third-order valence-corrected chi connectivity index (χ3v) is 3.69. The van der Waals surface area contributed by atoms with Crippen LogP contribution in [0.3, 0.4) is 0 Å². The second-order valence-electron chi connectivity index (χ2n) is 5.17. The zero-order valence-corrected chi connectivity index (χ0v) is 13.2. The van der Waals surface area contributed by atoms with Crippen LogP contribution in [0.1, 0.15) is 46.0 Å². The van der Waals surface area contributed by atoms with Gasteiger partial charge in [-0.3, -0.25) is 0 Å². The standard InChI is InChI=1S/C11H18F7O4P/c1-3-5-8(6-4-2,22-23(19,20)21)7-9(12,13)10(14,15)11(16,17)18/h3-7H2,1-2H3,(H2,19,20,21)/p-2. The van der Waals surface area contributed by atoms with E-state index in [0.717, 1.165) is 0 Å². The Labute approximate surface area is 128 Å². The average Bonchev–Trinajstić information content (AvgIpc) is 2.24. The summed E-state index contributed by atoms with van der Waals surface area (Å²) in [6.45, 7) is 2.68. The van der Waals surface area contributed by atoms with E-state index < -0.39 is 50.7 Å². The summed E-state index contributed by atoms with van der Waals surface area (Å²) < 4.78 is 104. The molecule has 0 fully saturated rings. The lowest BCUT2D eigenvalue weighted by Gasteiger charge is -2.44. The monoisotopic (exact) mass is 376 g/mol. The van der Waals surface area contributed by atoms with E-state index in [1.165, 1.54) is 13.8 Å². The molecule has 0 radical (unpaired) electrons. The normalized spacial score (nSPS) is 15.1. The highest BCUT2D eigenvalue weighted by atomic mass is 31.2. The fourth-order valence-corrected chi connectivity index (χ4v) is 3.02. The van der Waals surface area contributed by atoms with E-state index in [0.29, 0.717) is 0 Å². The van der Waals surface area contributed by atoms with Crippen LogP contribution in [0.4, 0.5) is 30.7 Å². The molecule has 0 aliphatic carbocycles. The number of hydrogen-bond acceptors (Lipinski definition) is 4. The van der Waals surface area contributed by atoms with Gasteiger partial charge in [0, 0.05) is 6.42 Å². The molecule has 0 N–H and O–H groups in total. The lowest BCUT2D eigenvalue weighted by atomic mass is 9.85. The van der Waals surface area contributed by atoms with E-state index in [-0.39, 0.29) is 12.8 Å². The van der Waals surface area contributed by atoms with Crippen molar-refractivity contribution in [2.45, 2.75) is 69.6 Å². The first-order chi connectivity index (χ1) is 10.0. The van der Waals surface area contributed by atoms with E-state index in [2.05, 4.69) is 4.52 Å². The average molecular weight is 376 g/mol. The van der Waals surface area contributed by atoms with Crippen LogP contribution < -0.4 is 9.79 Å². The minimum Gasteiger partial charge on any atom is -0.790 e. The highest BCUT2D eigenvalue weighted by Gasteiger charge is 2.73. The maximum atomic E-state index is 13.6. The van der Waals surface area contributed by atoms with Gasteiger partial charge < -0.3 is 18.9 Å². The van der Waals surface area contributed by atoms with Crippen LogP contribution in [-0.2, 0) is 9.09 Å². The molecule has 0 saturated carbocycles. The summed E-state index contributed by atoms with van der Waals surface area (Å²) >= 11 is 0. The van der Waals surface area contributed by atoms with Gasteiger partial charge in [0.25, 0.3) is 0 Å². The summed E-state index contributed by atoms with van der Waals surface area (Å²) in [5.41, 5.74) is -2.62. The van der Waals surface area contributed by atoms with Crippen LogP contribution in [0.25, 0.3) is 0 Å². The Morgan fingerprint density at radius 1 is 0.913 bits per heavy atom. The molecule has 0 bridgehead atoms. The van der Waals surface area contributed by atoms with Crippen LogP contribution in [0.5, 0.6) is 0 Å². The second kappa shape index (κ2) is 7.25. The molecule has 0 aromatic carbocycles. The highest BCUT2D eigenvalue weighted by Crippen LogP contribution is 2.53. The molecule has 0 aromatic rings. The third-order valence-electron chi connectivity index (χ3n) is 3.08. The van der Waals surface area contributed by atoms with Crippen LogP contribution >= 0.6 is 7.82 Å². The van der Waals surface area contributed by atoms with Crippen LogP contribution in [0.15, 0.2) is 0 Å². The first-order valence-corrected chi connectivity index (χ1v) is 8.05. The molecule has 0 rings (SSSR count).